The van der Waals surface area contributed by atoms with Crippen molar-refractivity contribution in [2.45, 2.75) is 59.5 Å². The second kappa shape index (κ2) is 6.46. The number of nitrogens with zero attached hydrogens (tertiary/aromatic N) is 3. The van der Waals surface area contributed by atoms with Crippen LogP contribution in [-0.4, -0.2) is 32.9 Å². The van der Waals surface area contributed by atoms with E-state index < -0.39 is 0 Å². The smallest absolute Gasteiger partial charge is 0.317 e. The lowest BCUT2D eigenvalue weighted by Crippen LogP contribution is -2.43. The van der Waals surface area contributed by atoms with Crippen LogP contribution in [0.5, 0.6) is 0 Å². The van der Waals surface area contributed by atoms with Crippen molar-refractivity contribution in [1.29, 1.82) is 0 Å². The number of pyridine rings is 1. The van der Waals surface area contributed by atoms with Crippen LogP contribution in [0, 0.1) is 12.3 Å². The molecule has 0 aliphatic carbocycles. The van der Waals surface area contributed by atoms with Gasteiger partial charge in [0.05, 0.1) is 12.2 Å². The van der Waals surface area contributed by atoms with Gasteiger partial charge in [-0.3, -0.25) is 0 Å². The van der Waals surface area contributed by atoms with Crippen LogP contribution in [-0.2, 0) is 6.54 Å². The van der Waals surface area contributed by atoms with Crippen molar-refractivity contribution in [1.82, 2.24) is 19.6 Å². The maximum Gasteiger partial charge on any atom is 0.317 e. The molecule has 0 bridgehead atoms. The summed E-state index contributed by atoms with van der Waals surface area (Å²) < 4.78 is 2.01. The number of aromatic nitrogens is 2. The SMILES string of the molecule is Cc1ccc2nc(CNC(=O)N3CCCC3CC(C)(C)C)cn2c1. The Balaban J connectivity index is 1.61. The molecule has 24 heavy (non-hydrogen) atoms. The van der Waals surface area contributed by atoms with Gasteiger partial charge in [0.25, 0.3) is 0 Å². The van der Waals surface area contributed by atoms with Gasteiger partial charge in [-0.2, -0.15) is 0 Å². The minimum absolute atomic E-state index is 0.0370. The fourth-order valence-electron chi connectivity index (χ4n) is 3.53. The zero-order chi connectivity index (χ0) is 17.3. The molecule has 1 unspecified atom stereocenters. The number of urea groups is 1. The predicted octanol–water partition coefficient (Wildman–Crippen LogP) is 3.75. The summed E-state index contributed by atoms with van der Waals surface area (Å²) in [6.07, 6.45) is 7.29. The lowest BCUT2D eigenvalue weighted by molar-refractivity contribution is 0.174. The average Bonchev–Trinajstić information content (AvgIpc) is 3.08. The summed E-state index contributed by atoms with van der Waals surface area (Å²) in [5.74, 6) is 0. The van der Waals surface area contributed by atoms with Gasteiger partial charge in [-0.25, -0.2) is 9.78 Å². The van der Waals surface area contributed by atoms with E-state index in [9.17, 15) is 4.79 Å². The van der Waals surface area contributed by atoms with Crippen molar-refractivity contribution < 1.29 is 4.79 Å². The zero-order valence-electron chi connectivity index (χ0n) is 15.2. The molecule has 1 aliphatic heterocycles. The number of hydrogen-bond donors (Lipinski definition) is 1. The summed E-state index contributed by atoms with van der Waals surface area (Å²) in [6.45, 7) is 10.1. The fourth-order valence-corrected chi connectivity index (χ4v) is 3.53. The van der Waals surface area contributed by atoms with Gasteiger partial charge < -0.3 is 14.6 Å². The first-order valence-corrected chi connectivity index (χ1v) is 8.80. The monoisotopic (exact) mass is 328 g/mol. The van der Waals surface area contributed by atoms with Gasteiger partial charge in [0, 0.05) is 25.0 Å². The number of aryl methyl sites for hydroxylation is 1. The molecule has 0 aromatic carbocycles. The highest BCUT2D eigenvalue weighted by atomic mass is 16.2. The summed E-state index contributed by atoms with van der Waals surface area (Å²) in [4.78, 5) is 19.1. The molecule has 0 saturated carbocycles. The van der Waals surface area contributed by atoms with Crippen molar-refractivity contribution in [3.8, 4) is 0 Å². The number of carbonyl (C=O) groups excluding carboxylic acids is 1. The Labute approximate surface area is 144 Å². The Hall–Kier alpha value is -2.04. The van der Waals surface area contributed by atoms with Gasteiger partial charge in [-0.05, 0) is 43.2 Å². The standard InChI is InChI=1S/C19H28N4O/c1-14-7-8-17-21-15(13-22(17)12-14)11-20-18(24)23-9-5-6-16(23)10-19(2,3)4/h7-8,12-13,16H,5-6,9-11H2,1-4H3,(H,20,24). The van der Waals surface area contributed by atoms with E-state index in [-0.39, 0.29) is 11.4 Å². The van der Waals surface area contributed by atoms with Crippen molar-refractivity contribution in [2.24, 2.45) is 5.41 Å². The van der Waals surface area contributed by atoms with Crippen molar-refractivity contribution in [3.63, 3.8) is 0 Å². The number of imidazole rings is 1. The molecule has 1 saturated heterocycles. The third kappa shape index (κ3) is 3.89. The number of rotatable bonds is 3. The molecular formula is C19H28N4O. The summed E-state index contributed by atoms with van der Waals surface area (Å²) in [6, 6.07) is 4.44. The summed E-state index contributed by atoms with van der Waals surface area (Å²) >= 11 is 0. The summed E-state index contributed by atoms with van der Waals surface area (Å²) in [5, 5.41) is 3.04. The molecule has 2 aromatic heterocycles. The van der Waals surface area contributed by atoms with E-state index in [0.29, 0.717) is 12.6 Å². The molecule has 130 valence electrons. The maximum atomic E-state index is 12.6. The summed E-state index contributed by atoms with van der Waals surface area (Å²) in [5.41, 5.74) is 3.24. The third-order valence-corrected chi connectivity index (χ3v) is 4.56. The first-order chi connectivity index (χ1) is 11.3. The third-order valence-electron chi connectivity index (χ3n) is 4.56. The number of likely N-dealkylation sites (tertiary alicyclic amines) is 1. The largest absolute Gasteiger partial charge is 0.332 e. The normalized spacial score (nSPS) is 18.3. The van der Waals surface area contributed by atoms with Crippen LogP contribution >= 0.6 is 0 Å². The molecule has 1 atom stereocenters. The molecule has 1 fully saturated rings. The Bertz CT molecular complexity index is 729. The Morgan fingerprint density at radius 2 is 2.12 bits per heavy atom. The van der Waals surface area contributed by atoms with Crippen molar-refractivity contribution in [2.75, 3.05) is 6.54 Å². The van der Waals surface area contributed by atoms with Gasteiger partial charge in [0.15, 0.2) is 0 Å². The highest BCUT2D eigenvalue weighted by molar-refractivity contribution is 5.74. The van der Waals surface area contributed by atoms with Gasteiger partial charge >= 0.3 is 6.03 Å². The number of carbonyl (C=O) groups is 1. The first-order valence-electron chi connectivity index (χ1n) is 8.80. The number of fused-ring (bicyclic) bond motifs is 1. The number of amides is 2. The topological polar surface area (TPSA) is 49.6 Å². The van der Waals surface area contributed by atoms with Crippen LogP contribution < -0.4 is 5.32 Å². The molecule has 0 radical (unpaired) electrons. The van der Waals surface area contributed by atoms with E-state index in [0.717, 1.165) is 37.1 Å². The van der Waals surface area contributed by atoms with Crippen LogP contribution in [0.1, 0.15) is 51.3 Å². The minimum Gasteiger partial charge on any atom is -0.332 e. The molecule has 1 N–H and O–H groups in total. The van der Waals surface area contributed by atoms with Crippen molar-refractivity contribution in [3.05, 3.63) is 35.8 Å². The van der Waals surface area contributed by atoms with Gasteiger partial charge in [0.1, 0.15) is 5.65 Å². The molecule has 5 heteroatoms. The second-order valence-electron chi connectivity index (χ2n) is 8.12. The van der Waals surface area contributed by atoms with Crippen LogP contribution in [0.3, 0.4) is 0 Å². The lowest BCUT2D eigenvalue weighted by Gasteiger charge is -2.30. The quantitative estimate of drug-likeness (QED) is 0.933. The van der Waals surface area contributed by atoms with Crippen LogP contribution in [0.4, 0.5) is 4.79 Å². The van der Waals surface area contributed by atoms with E-state index in [1.54, 1.807) is 0 Å². The average molecular weight is 328 g/mol. The molecule has 1 aliphatic rings. The second-order valence-corrected chi connectivity index (χ2v) is 8.12. The minimum atomic E-state index is 0.0370. The van der Waals surface area contributed by atoms with E-state index in [1.807, 2.05) is 33.8 Å². The molecule has 2 aromatic rings. The Kier molecular flexibility index (Phi) is 4.52. The van der Waals surface area contributed by atoms with Crippen LogP contribution in [0.25, 0.3) is 5.65 Å². The zero-order valence-corrected chi connectivity index (χ0v) is 15.2. The van der Waals surface area contributed by atoms with Gasteiger partial charge in [0.2, 0.25) is 0 Å². The molecule has 3 heterocycles. The Morgan fingerprint density at radius 1 is 1.33 bits per heavy atom. The highest BCUT2D eigenvalue weighted by Crippen LogP contribution is 2.29. The fraction of sp³-hybridized carbons (Fsp3) is 0.579. The highest BCUT2D eigenvalue weighted by Gasteiger charge is 2.31. The number of nitrogens with one attached hydrogen (secondary N) is 1. The summed E-state index contributed by atoms with van der Waals surface area (Å²) in [7, 11) is 0. The van der Waals surface area contributed by atoms with Crippen molar-refractivity contribution >= 4 is 11.7 Å². The molecule has 2 amide bonds. The maximum absolute atomic E-state index is 12.6. The molecular weight excluding hydrogens is 300 g/mol. The Morgan fingerprint density at radius 3 is 2.88 bits per heavy atom. The first kappa shape index (κ1) is 16.8. The lowest BCUT2D eigenvalue weighted by atomic mass is 9.87. The van der Waals surface area contributed by atoms with E-state index in [1.165, 1.54) is 5.56 Å². The van der Waals surface area contributed by atoms with Crippen LogP contribution in [0.2, 0.25) is 0 Å². The molecule has 0 spiro atoms. The van der Waals surface area contributed by atoms with Gasteiger partial charge in [-0.1, -0.05) is 26.8 Å². The van der Waals surface area contributed by atoms with Crippen LogP contribution in [0.15, 0.2) is 24.5 Å². The van der Waals surface area contributed by atoms with Gasteiger partial charge in [-0.15, -0.1) is 0 Å². The van der Waals surface area contributed by atoms with E-state index >= 15 is 0 Å². The van der Waals surface area contributed by atoms with E-state index in [2.05, 4.69) is 38.0 Å². The van der Waals surface area contributed by atoms with E-state index in [4.69, 9.17) is 0 Å². The molecule has 3 rings (SSSR count). The predicted molar refractivity (Wildman–Crippen MR) is 96.0 cm³/mol. The molecule has 5 nitrogen and oxygen atoms in total. The number of hydrogen-bond acceptors (Lipinski definition) is 2.